The fourth-order valence-electron chi connectivity index (χ4n) is 6.20. The Morgan fingerprint density at radius 1 is 1.11 bits per heavy atom. The fraction of sp³-hybridized carbons (Fsp3) is 0.519. The number of anilines is 1. The van der Waals surface area contributed by atoms with Crippen LogP contribution in [0.1, 0.15) is 38.5 Å². The molecular formula is C27H34ClN7O. The Morgan fingerprint density at radius 3 is 2.69 bits per heavy atom. The molecule has 1 atom stereocenters. The van der Waals surface area contributed by atoms with Crippen LogP contribution in [-0.2, 0) is 4.79 Å². The van der Waals surface area contributed by atoms with Crippen molar-refractivity contribution in [3.05, 3.63) is 41.8 Å². The van der Waals surface area contributed by atoms with Gasteiger partial charge in [-0.25, -0.2) is 9.97 Å². The lowest BCUT2D eigenvalue weighted by Gasteiger charge is -2.45. The minimum Gasteiger partial charge on any atom is -0.367 e. The first-order valence-electron chi connectivity index (χ1n) is 13.2. The quantitative estimate of drug-likeness (QED) is 0.363. The summed E-state index contributed by atoms with van der Waals surface area (Å²) in [6.45, 7) is 3.81. The molecule has 4 fully saturated rings. The molecule has 1 aliphatic carbocycles. The van der Waals surface area contributed by atoms with E-state index in [1.165, 1.54) is 25.9 Å². The highest BCUT2D eigenvalue weighted by molar-refractivity contribution is 6.29. The number of rotatable bonds is 7. The molecule has 2 bridgehead atoms. The molecule has 3 aromatic heterocycles. The summed E-state index contributed by atoms with van der Waals surface area (Å²) in [5.41, 5.74) is 2.94. The lowest BCUT2D eigenvalue weighted by molar-refractivity contribution is -0.122. The number of halogens is 1. The maximum Gasteiger partial charge on any atom is 0.234 e. The number of fused-ring (bicyclic) bond motifs is 4. The normalized spacial score (nSPS) is 27.8. The van der Waals surface area contributed by atoms with Crippen molar-refractivity contribution in [2.75, 3.05) is 31.5 Å². The second-order valence-corrected chi connectivity index (χ2v) is 10.9. The van der Waals surface area contributed by atoms with E-state index < -0.39 is 0 Å². The first-order valence-corrected chi connectivity index (χ1v) is 13.6. The summed E-state index contributed by atoms with van der Waals surface area (Å²) < 4.78 is 0. The minimum absolute atomic E-state index is 0.136. The van der Waals surface area contributed by atoms with Gasteiger partial charge in [0.15, 0.2) is 0 Å². The molecule has 36 heavy (non-hydrogen) atoms. The number of nitrogens with zero attached hydrogens (tertiary/aromatic N) is 3. The van der Waals surface area contributed by atoms with Crippen molar-refractivity contribution in [2.45, 2.75) is 56.7 Å². The van der Waals surface area contributed by atoms with Crippen LogP contribution in [0.5, 0.6) is 0 Å². The third-order valence-corrected chi connectivity index (χ3v) is 8.38. The number of piperidine rings is 3. The number of pyridine rings is 2. The summed E-state index contributed by atoms with van der Waals surface area (Å²) in [7, 11) is 0. The van der Waals surface area contributed by atoms with Gasteiger partial charge in [0.05, 0.1) is 6.54 Å². The zero-order chi connectivity index (χ0) is 24.5. The van der Waals surface area contributed by atoms with Crippen molar-refractivity contribution >= 4 is 34.4 Å². The van der Waals surface area contributed by atoms with E-state index in [0.717, 1.165) is 60.2 Å². The van der Waals surface area contributed by atoms with Gasteiger partial charge in [-0.3, -0.25) is 4.79 Å². The molecule has 3 aliphatic heterocycles. The van der Waals surface area contributed by atoms with Gasteiger partial charge in [-0.2, -0.15) is 0 Å². The average molecular weight is 508 g/mol. The predicted molar refractivity (Wildman–Crippen MR) is 143 cm³/mol. The Bertz CT molecular complexity index is 1210. The van der Waals surface area contributed by atoms with E-state index >= 15 is 0 Å². The molecule has 3 aromatic rings. The van der Waals surface area contributed by atoms with E-state index in [9.17, 15) is 4.79 Å². The summed E-state index contributed by atoms with van der Waals surface area (Å²) in [6, 6.07) is 9.00. The van der Waals surface area contributed by atoms with Gasteiger partial charge >= 0.3 is 0 Å². The van der Waals surface area contributed by atoms with Gasteiger partial charge in [0, 0.05) is 48.0 Å². The zero-order valence-corrected chi connectivity index (χ0v) is 21.2. The minimum atomic E-state index is 0.136. The predicted octanol–water partition coefficient (Wildman–Crippen LogP) is 3.80. The van der Waals surface area contributed by atoms with Gasteiger partial charge in [0.1, 0.15) is 16.6 Å². The maximum absolute atomic E-state index is 12.5. The van der Waals surface area contributed by atoms with Crippen LogP contribution in [0, 0.1) is 5.92 Å². The van der Waals surface area contributed by atoms with Gasteiger partial charge in [0.2, 0.25) is 5.91 Å². The SMILES string of the molecule is O=C(CNC1CCC(Nc2cc(-c3c[nH]c4ncccc34)cc(Cl)n2)CC1)NC1CN2CCC1CC2. The number of carbonyl (C=O) groups excluding carboxylic acids is 1. The Labute approximate surface area is 216 Å². The molecule has 190 valence electrons. The van der Waals surface area contributed by atoms with Crippen LogP contribution in [0.15, 0.2) is 36.7 Å². The molecule has 7 rings (SSSR count). The summed E-state index contributed by atoms with van der Waals surface area (Å²) in [5.74, 6) is 1.59. The number of amides is 1. The van der Waals surface area contributed by atoms with E-state index in [4.69, 9.17) is 11.6 Å². The van der Waals surface area contributed by atoms with Crippen molar-refractivity contribution in [3.8, 4) is 11.1 Å². The largest absolute Gasteiger partial charge is 0.367 e. The Hall–Kier alpha value is -2.68. The van der Waals surface area contributed by atoms with Crippen LogP contribution in [0.4, 0.5) is 5.82 Å². The molecule has 9 heteroatoms. The van der Waals surface area contributed by atoms with Gasteiger partial charge < -0.3 is 25.8 Å². The molecule has 4 aliphatic rings. The topological polar surface area (TPSA) is 98.0 Å². The van der Waals surface area contributed by atoms with Gasteiger partial charge in [-0.15, -0.1) is 0 Å². The number of H-pyrrole nitrogens is 1. The van der Waals surface area contributed by atoms with Crippen molar-refractivity contribution < 1.29 is 4.79 Å². The van der Waals surface area contributed by atoms with Crippen LogP contribution in [0.25, 0.3) is 22.2 Å². The molecule has 0 spiro atoms. The third-order valence-electron chi connectivity index (χ3n) is 8.19. The number of hydrogen-bond donors (Lipinski definition) is 4. The lowest BCUT2D eigenvalue weighted by atomic mass is 9.84. The standard InChI is InChI=1S/C27H34ClN7O/c28-24-12-18(22-14-31-27-21(22)2-1-9-29-27)13-25(34-24)32-20-5-3-19(4-6-20)30-15-26(36)33-23-16-35-10-7-17(23)8-11-35/h1-2,9,12-14,17,19-20,23,30H,3-8,10-11,15-16H2,(H,29,31)(H,32,34)(H,33,36). The molecule has 8 nitrogen and oxygen atoms in total. The van der Waals surface area contributed by atoms with Crippen molar-refractivity contribution in [3.63, 3.8) is 0 Å². The van der Waals surface area contributed by atoms with E-state index in [1.54, 1.807) is 6.20 Å². The lowest BCUT2D eigenvalue weighted by Crippen LogP contribution is -2.58. The summed E-state index contributed by atoms with van der Waals surface area (Å²) in [5, 5.41) is 11.9. The molecule has 1 saturated carbocycles. The number of aromatic amines is 1. The Morgan fingerprint density at radius 2 is 1.92 bits per heavy atom. The monoisotopic (exact) mass is 507 g/mol. The molecule has 1 unspecified atom stereocenters. The van der Waals surface area contributed by atoms with Crippen LogP contribution < -0.4 is 16.0 Å². The summed E-state index contributed by atoms with van der Waals surface area (Å²) in [6.07, 6.45) is 10.3. The summed E-state index contributed by atoms with van der Waals surface area (Å²) in [4.78, 5) is 27.2. The molecule has 4 N–H and O–H groups in total. The highest BCUT2D eigenvalue weighted by Gasteiger charge is 2.34. The Kier molecular flexibility index (Phi) is 6.82. The van der Waals surface area contributed by atoms with E-state index in [1.807, 2.05) is 18.3 Å². The number of hydrogen-bond acceptors (Lipinski definition) is 6. The van der Waals surface area contributed by atoms with E-state index in [-0.39, 0.29) is 5.91 Å². The smallest absolute Gasteiger partial charge is 0.234 e. The zero-order valence-electron chi connectivity index (χ0n) is 20.5. The van der Waals surface area contributed by atoms with Gasteiger partial charge in [-0.05, 0) is 87.4 Å². The van der Waals surface area contributed by atoms with Gasteiger partial charge in [-0.1, -0.05) is 11.6 Å². The number of aromatic nitrogens is 3. The van der Waals surface area contributed by atoms with Crippen LogP contribution in [-0.4, -0.2) is 70.1 Å². The fourth-order valence-corrected chi connectivity index (χ4v) is 6.40. The van der Waals surface area contributed by atoms with Crippen molar-refractivity contribution in [2.24, 2.45) is 5.92 Å². The van der Waals surface area contributed by atoms with Crippen LogP contribution in [0.3, 0.4) is 0 Å². The number of nitrogens with one attached hydrogen (secondary N) is 4. The average Bonchev–Trinajstić information content (AvgIpc) is 3.33. The molecular weight excluding hydrogens is 474 g/mol. The highest BCUT2D eigenvalue weighted by Crippen LogP contribution is 2.32. The molecule has 0 aromatic carbocycles. The first kappa shape index (κ1) is 23.7. The second kappa shape index (κ2) is 10.4. The highest BCUT2D eigenvalue weighted by atomic mass is 35.5. The van der Waals surface area contributed by atoms with Crippen molar-refractivity contribution in [1.82, 2.24) is 30.5 Å². The van der Waals surface area contributed by atoms with Crippen LogP contribution in [0.2, 0.25) is 5.15 Å². The van der Waals surface area contributed by atoms with Crippen LogP contribution >= 0.6 is 11.6 Å². The third kappa shape index (κ3) is 5.21. The first-order chi connectivity index (χ1) is 17.6. The van der Waals surface area contributed by atoms with Gasteiger partial charge in [0.25, 0.3) is 0 Å². The molecule has 1 amide bonds. The van der Waals surface area contributed by atoms with Crippen molar-refractivity contribution in [1.29, 1.82) is 0 Å². The maximum atomic E-state index is 12.5. The molecule has 6 heterocycles. The number of carbonyl (C=O) groups is 1. The molecule has 0 radical (unpaired) electrons. The Balaban J connectivity index is 0.996. The van der Waals surface area contributed by atoms with E-state index in [2.05, 4.69) is 47.9 Å². The second-order valence-electron chi connectivity index (χ2n) is 10.6. The molecule has 3 saturated heterocycles. The summed E-state index contributed by atoms with van der Waals surface area (Å²) >= 11 is 6.39. The van der Waals surface area contributed by atoms with E-state index in [0.29, 0.717) is 35.7 Å².